The van der Waals surface area contributed by atoms with Crippen molar-refractivity contribution in [2.24, 2.45) is 0 Å². The van der Waals surface area contributed by atoms with Gasteiger partial charge >= 0.3 is 0 Å². The number of benzene rings is 1. The highest BCUT2D eigenvalue weighted by Crippen LogP contribution is 2.28. The molecule has 0 saturated heterocycles. The predicted octanol–water partition coefficient (Wildman–Crippen LogP) is 5.74. The zero-order valence-electron chi connectivity index (χ0n) is 15.5. The Bertz CT molecular complexity index is 1030. The van der Waals surface area contributed by atoms with Gasteiger partial charge in [0.2, 0.25) is 0 Å². The van der Waals surface area contributed by atoms with Crippen LogP contribution in [-0.4, -0.2) is 28.0 Å². The first-order valence-corrected chi connectivity index (χ1v) is 10.6. The van der Waals surface area contributed by atoms with Gasteiger partial charge in [-0.25, -0.2) is 4.98 Å². The molecule has 0 unspecified atom stereocenters. The molecule has 0 radical (unpaired) electrons. The van der Waals surface area contributed by atoms with Crippen LogP contribution in [0.25, 0.3) is 10.9 Å². The van der Waals surface area contributed by atoms with Crippen LogP contribution in [0.15, 0.2) is 42.6 Å². The van der Waals surface area contributed by atoms with E-state index in [9.17, 15) is 4.79 Å². The van der Waals surface area contributed by atoms with Gasteiger partial charge in [-0.15, -0.1) is 0 Å². The monoisotopic (exact) mass is 448 g/mol. The average molecular weight is 450 g/mol. The predicted molar refractivity (Wildman–Crippen MR) is 118 cm³/mol. The third-order valence-electron chi connectivity index (χ3n) is 5.15. The second-order valence-electron chi connectivity index (χ2n) is 7.19. The smallest absolute Gasteiger partial charge is 0.251 e. The molecule has 8 heteroatoms. The lowest BCUT2D eigenvalue weighted by atomic mass is 9.90. The van der Waals surface area contributed by atoms with Gasteiger partial charge in [-0.1, -0.05) is 34.8 Å². The van der Waals surface area contributed by atoms with Crippen molar-refractivity contribution in [1.82, 2.24) is 15.3 Å². The second-order valence-corrected chi connectivity index (χ2v) is 8.40. The molecule has 2 heterocycles. The van der Waals surface area contributed by atoms with Crippen LogP contribution < -0.4 is 10.6 Å². The quantitative estimate of drug-likeness (QED) is 0.498. The van der Waals surface area contributed by atoms with Crippen molar-refractivity contribution in [3.63, 3.8) is 0 Å². The molecule has 1 saturated carbocycles. The Labute approximate surface area is 183 Å². The lowest BCUT2D eigenvalue weighted by Gasteiger charge is -2.30. The van der Waals surface area contributed by atoms with Crippen molar-refractivity contribution in [1.29, 1.82) is 0 Å². The number of amides is 1. The van der Waals surface area contributed by atoms with Crippen molar-refractivity contribution in [3.05, 3.63) is 63.5 Å². The molecule has 5 nitrogen and oxygen atoms in total. The van der Waals surface area contributed by atoms with E-state index in [-0.39, 0.29) is 22.3 Å². The van der Waals surface area contributed by atoms with E-state index >= 15 is 0 Å². The van der Waals surface area contributed by atoms with E-state index in [2.05, 4.69) is 20.6 Å². The molecule has 0 atom stereocenters. The molecule has 0 spiro atoms. The lowest BCUT2D eigenvalue weighted by molar-refractivity contribution is 0.0926. The Morgan fingerprint density at radius 2 is 1.62 bits per heavy atom. The van der Waals surface area contributed by atoms with Crippen LogP contribution in [0.3, 0.4) is 0 Å². The number of hydrogen-bond acceptors (Lipinski definition) is 4. The number of hydrogen-bond donors (Lipinski definition) is 2. The molecule has 0 aliphatic heterocycles. The van der Waals surface area contributed by atoms with Crippen molar-refractivity contribution >= 4 is 57.3 Å². The molecule has 2 aromatic heterocycles. The number of fused-ring (bicyclic) bond motifs is 1. The maximum absolute atomic E-state index is 12.5. The van der Waals surface area contributed by atoms with Crippen LogP contribution in [0.1, 0.15) is 36.0 Å². The first-order chi connectivity index (χ1) is 14.0. The topological polar surface area (TPSA) is 66.9 Å². The number of halogens is 3. The number of nitrogens with one attached hydrogen (secondary N) is 2. The zero-order chi connectivity index (χ0) is 20.4. The van der Waals surface area contributed by atoms with Gasteiger partial charge in [-0.05, 0) is 62.1 Å². The molecule has 3 aromatic rings. The van der Waals surface area contributed by atoms with Crippen molar-refractivity contribution < 1.29 is 4.79 Å². The van der Waals surface area contributed by atoms with E-state index in [0.29, 0.717) is 16.6 Å². The van der Waals surface area contributed by atoms with Gasteiger partial charge < -0.3 is 10.6 Å². The summed E-state index contributed by atoms with van der Waals surface area (Å²) in [6, 6.07) is 11.2. The summed E-state index contributed by atoms with van der Waals surface area (Å²) in [4.78, 5) is 20.7. The van der Waals surface area contributed by atoms with Crippen LogP contribution in [0, 0.1) is 0 Å². The fraction of sp³-hybridized carbons (Fsp3) is 0.286. The van der Waals surface area contributed by atoms with E-state index in [1.54, 1.807) is 6.20 Å². The molecule has 1 aliphatic carbocycles. The SMILES string of the molecule is O=C(NC1CCC(Nc2ccnc3cc(Cl)ccc23)CC1)c1cc(Cl)nc(Cl)c1. The fourth-order valence-electron chi connectivity index (χ4n) is 3.71. The average Bonchev–Trinajstić information content (AvgIpc) is 2.68. The minimum atomic E-state index is -0.176. The first-order valence-electron chi connectivity index (χ1n) is 9.43. The van der Waals surface area contributed by atoms with Gasteiger partial charge in [-0.2, -0.15) is 0 Å². The lowest BCUT2D eigenvalue weighted by Crippen LogP contribution is -2.40. The zero-order valence-corrected chi connectivity index (χ0v) is 17.7. The van der Waals surface area contributed by atoms with E-state index in [1.807, 2.05) is 24.3 Å². The maximum Gasteiger partial charge on any atom is 0.251 e. The second kappa shape index (κ2) is 8.74. The van der Waals surface area contributed by atoms with Gasteiger partial charge in [0.15, 0.2) is 0 Å². The maximum atomic E-state index is 12.5. The number of pyridine rings is 2. The highest BCUT2D eigenvalue weighted by molar-refractivity contribution is 6.33. The van der Waals surface area contributed by atoms with Gasteiger partial charge in [0, 0.05) is 39.9 Å². The third-order valence-corrected chi connectivity index (χ3v) is 5.77. The van der Waals surface area contributed by atoms with E-state index in [4.69, 9.17) is 34.8 Å². The Morgan fingerprint density at radius 3 is 2.34 bits per heavy atom. The van der Waals surface area contributed by atoms with Crippen LogP contribution in [0.5, 0.6) is 0 Å². The van der Waals surface area contributed by atoms with Gasteiger partial charge in [-0.3, -0.25) is 9.78 Å². The third kappa shape index (κ3) is 4.92. The molecular weight excluding hydrogens is 431 g/mol. The molecule has 1 amide bonds. The van der Waals surface area contributed by atoms with E-state index in [1.165, 1.54) is 12.1 Å². The minimum Gasteiger partial charge on any atom is -0.382 e. The van der Waals surface area contributed by atoms with Gasteiger partial charge in [0.05, 0.1) is 5.52 Å². The number of rotatable bonds is 4. The molecule has 1 aromatic carbocycles. The summed E-state index contributed by atoms with van der Waals surface area (Å²) in [7, 11) is 0. The fourth-order valence-corrected chi connectivity index (χ4v) is 4.34. The van der Waals surface area contributed by atoms with Crippen LogP contribution in [0.4, 0.5) is 5.69 Å². The number of aromatic nitrogens is 2. The summed E-state index contributed by atoms with van der Waals surface area (Å²) < 4.78 is 0. The number of anilines is 1. The van der Waals surface area contributed by atoms with Crippen LogP contribution >= 0.6 is 34.8 Å². The largest absolute Gasteiger partial charge is 0.382 e. The Hall–Kier alpha value is -2.08. The molecule has 4 rings (SSSR count). The summed E-state index contributed by atoms with van der Waals surface area (Å²) in [5.74, 6) is -0.176. The number of nitrogens with zero attached hydrogens (tertiary/aromatic N) is 2. The Balaban J connectivity index is 1.36. The molecular formula is C21H19Cl3N4O. The highest BCUT2D eigenvalue weighted by atomic mass is 35.5. The van der Waals surface area contributed by atoms with Crippen molar-refractivity contribution in [2.75, 3.05) is 5.32 Å². The summed E-state index contributed by atoms with van der Waals surface area (Å²) in [6.07, 6.45) is 5.49. The summed E-state index contributed by atoms with van der Waals surface area (Å²) in [5, 5.41) is 8.85. The Morgan fingerprint density at radius 1 is 0.931 bits per heavy atom. The number of carbonyl (C=O) groups is 1. The minimum absolute atomic E-state index is 0.124. The van der Waals surface area contributed by atoms with Crippen LogP contribution in [0.2, 0.25) is 15.3 Å². The molecule has 2 N–H and O–H groups in total. The van der Waals surface area contributed by atoms with Gasteiger partial charge in [0.25, 0.3) is 5.91 Å². The molecule has 29 heavy (non-hydrogen) atoms. The normalized spacial score (nSPS) is 19.1. The summed E-state index contributed by atoms with van der Waals surface area (Å²) >= 11 is 17.8. The first kappa shape index (κ1) is 20.2. The summed E-state index contributed by atoms with van der Waals surface area (Å²) in [6.45, 7) is 0. The highest BCUT2D eigenvalue weighted by Gasteiger charge is 2.23. The molecule has 150 valence electrons. The molecule has 0 bridgehead atoms. The van der Waals surface area contributed by atoms with Gasteiger partial charge in [0.1, 0.15) is 10.3 Å². The van der Waals surface area contributed by atoms with E-state index < -0.39 is 0 Å². The van der Waals surface area contributed by atoms with E-state index in [0.717, 1.165) is 42.3 Å². The van der Waals surface area contributed by atoms with Crippen LogP contribution in [-0.2, 0) is 0 Å². The van der Waals surface area contributed by atoms with Crippen molar-refractivity contribution in [2.45, 2.75) is 37.8 Å². The van der Waals surface area contributed by atoms with Crippen molar-refractivity contribution in [3.8, 4) is 0 Å². The number of carbonyl (C=O) groups excluding carboxylic acids is 1. The molecule has 1 aliphatic rings. The Kier molecular flexibility index (Phi) is 6.09. The standard InChI is InChI=1S/C21H19Cl3N4O/c22-13-1-6-16-17(7-8-25-18(16)11-13)26-14-2-4-15(5-3-14)27-21(29)12-9-19(23)28-20(24)10-12/h1,6-11,14-15H,2-5H2,(H,25,26)(H,27,29). The molecule has 1 fully saturated rings. The summed E-state index contributed by atoms with van der Waals surface area (Å²) in [5.41, 5.74) is 2.36.